The summed E-state index contributed by atoms with van der Waals surface area (Å²) in [5, 5.41) is 29.4. The standard InChI is InChI=1S/C12H11F3N2O4.C8H4F3NO4/c13-12(14,15)9-7-8(1-2-10(9)17(19)20)11(18)16-3-5-21-6-4-16;9-8(10,11)5-3-4(7(13)14)1-2-6(5)12(15)16/h1-2,7H,3-6H2;1-3H,(H,13,14). The molecular formula is C20H15F6N3O8. The molecule has 0 bridgehead atoms. The predicted octanol–water partition coefficient (Wildman–Crippen LogP) is 4.40. The lowest BCUT2D eigenvalue weighted by Crippen LogP contribution is -2.40. The number of hydrogen-bond donors (Lipinski definition) is 1. The van der Waals surface area contributed by atoms with Gasteiger partial charge in [-0.25, -0.2) is 4.79 Å². The number of morpholine rings is 1. The zero-order chi connectivity index (χ0) is 28.1. The Bertz CT molecular complexity index is 1210. The number of alkyl halides is 6. The number of nitro benzene ring substituents is 2. The maximum absolute atomic E-state index is 12.8. The van der Waals surface area contributed by atoms with E-state index in [1.54, 1.807) is 0 Å². The van der Waals surface area contributed by atoms with E-state index in [9.17, 15) is 56.2 Å². The minimum absolute atomic E-state index is 0.227. The number of ether oxygens (including phenoxy) is 1. The summed E-state index contributed by atoms with van der Waals surface area (Å²) in [6.07, 6.45) is -9.86. The van der Waals surface area contributed by atoms with E-state index < -0.39 is 62.1 Å². The van der Waals surface area contributed by atoms with Crippen molar-refractivity contribution in [2.24, 2.45) is 0 Å². The summed E-state index contributed by atoms with van der Waals surface area (Å²) in [4.78, 5) is 42.5. The number of hydrogen-bond acceptors (Lipinski definition) is 7. The van der Waals surface area contributed by atoms with E-state index in [0.29, 0.717) is 31.4 Å². The molecule has 37 heavy (non-hydrogen) atoms. The highest BCUT2D eigenvalue weighted by atomic mass is 19.4. The van der Waals surface area contributed by atoms with Crippen LogP contribution in [0.1, 0.15) is 31.8 Å². The van der Waals surface area contributed by atoms with Crippen molar-refractivity contribution < 1.29 is 55.6 Å². The fourth-order valence-electron chi connectivity index (χ4n) is 3.06. The van der Waals surface area contributed by atoms with Crippen molar-refractivity contribution in [3.63, 3.8) is 0 Å². The number of carboxylic acids is 1. The van der Waals surface area contributed by atoms with E-state index in [2.05, 4.69) is 0 Å². The molecule has 1 heterocycles. The molecule has 0 spiro atoms. The van der Waals surface area contributed by atoms with Gasteiger partial charge in [-0.1, -0.05) is 0 Å². The van der Waals surface area contributed by atoms with Crippen molar-refractivity contribution in [1.82, 2.24) is 4.90 Å². The molecule has 17 heteroatoms. The lowest BCUT2D eigenvalue weighted by molar-refractivity contribution is -0.388. The Balaban J connectivity index is 0.000000271. The molecule has 11 nitrogen and oxygen atoms in total. The van der Waals surface area contributed by atoms with Crippen LogP contribution in [0.25, 0.3) is 0 Å². The lowest BCUT2D eigenvalue weighted by Gasteiger charge is -2.27. The average molecular weight is 539 g/mol. The molecular weight excluding hydrogens is 524 g/mol. The van der Waals surface area contributed by atoms with Crippen LogP contribution in [-0.2, 0) is 17.1 Å². The van der Waals surface area contributed by atoms with Gasteiger partial charge in [0.15, 0.2) is 0 Å². The maximum atomic E-state index is 12.8. The minimum atomic E-state index is -4.96. The van der Waals surface area contributed by atoms with Crippen LogP contribution in [-0.4, -0.2) is 58.0 Å². The highest BCUT2D eigenvalue weighted by Gasteiger charge is 2.40. The number of carboxylic acid groups (broad SMARTS) is 1. The Morgan fingerprint density at radius 1 is 0.811 bits per heavy atom. The van der Waals surface area contributed by atoms with Gasteiger partial charge < -0.3 is 14.7 Å². The smallest absolute Gasteiger partial charge is 0.423 e. The predicted molar refractivity (Wildman–Crippen MR) is 110 cm³/mol. The van der Waals surface area contributed by atoms with Crippen molar-refractivity contribution in [3.8, 4) is 0 Å². The van der Waals surface area contributed by atoms with E-state index in [0.717, 1.165) is 12.1 Å². The zero-order valence-electron chi connectivity index (χ0n) is 18.2. The highest BCUT2D eigenvalue weighted by molar-refractivity contribution is 5.95. The number of aromatic carboxylic acids is 1. The number of halogens is 6. The molecule has 2 aromatic carbocycles. The van der Waals surface area contributed by atoms with Crippen molar-refractivity contribution >= 4 is 23.3 Å². The molecule has 1 N–H and O–H groups in total. The first kappa shape index (κ1) is 29.0. The maximum Gasteiger partial charge on any atom is 0.423 e. The van der Waals surface area contributed by atoms with Crippen LogP contribution in [0.3, 0.4) is 0 Å². The van der Waals surface area contributed by atoms with Gasteiger partial charge in [-0.2, -0.15) is 26.3 Å². The van der Waals surface area contributed by atoms with Gasteiger partial charge in [0.1, 0.15) is 11.1 Å². The number of benzene rings is 2. The second-order valence-electron chi connectivity index (χ2n) is 7.18. The van der Waals surface area contributed by atoms with Gasteiger partial charge in [0.05, 0.1) is 28.6 Å². The number of nitrogens with zero attached hydrogens (tertiary/aromatic N) is 3. The van der Waals surface area contributed by atoms with Crippen LogP contribution in [0.15, 0.2) is 36.4 Å². The summed E-state index contributed by atoms with van der Waals surface area (Å²) in [7, 11) is 0. The van der Waals surface area contributed by atoms with Gasteiger partial charge in [-0.05, 0) is 24.3 Å². The molecule has 0 atom stereocenters. The Labute approximate surface area is 202 Å². The van der Waals surface area contributed by atoms with Crippen molar-refractivity contribution in [3.05, 3.63) is 78.9 Å². The Hall–Kier alpha value is -4.28. The molecule has 0 aliphatic carbocycles. The summed E-state index contributed by atoms with van der Waals surface area (Å²) in [5.74, 6) is -2.18. The Morgan fingerprint density at radius 3 is 1.59 bits per heavy atom. The lowest BCUT2D eigenvalue weighted by atomic mass is 10.1. The molecule has 1 aliphatic rings. The molecule has 1 saturated heterocycles. The average Bonchev–Trinajstić information content (AvgIpc) is 2.82. The van der Waals surface area contributed by atoms with Crippen LogP contribution in [0.5, 0.6) is 0 Å². The van der Waals surface area contributed by atoms with E-state index in [-0.39, 0.29) is 24.7 Å². The SMILES string of the molecule is O=C(O)c1ccc([N+](=O)[O-])c(C(F)(F)F)c1.O=C(c1ccc([N+](=O)[O-])c(C(F)(F)F)c1)N1CCOCC1. The van der Waals surface area contributed by atoms with Gasteiger partial charge in [0.25, 0.3) is 17.3 Å². The fourth-order valence-corrected chi connectivity index (χ4v) is 3.06. The molecule has 200 valence electrons. The number of carbonyl (C=O) groups is 2. The molecule has 1 aliphatic heterocycles. The van der Waals surface area contributed by atoms with Crippen molar-refractivity contribution in [2.45, 2.75) is 12.4 Å². The van der Waals surface area contributed by atoms with Gasteiger partial charge in [0.2, 0.25) is 0 Å². The van der Waals surface area contributed by atoms with Crippen molar-refractivity contribution in [1.29, 1.82) is 0 Å². The first-order valence-corrected chi connectivity index (χ1v) is 9.85. The third-order valence-electron chi connectivity index (χ3n) is 4.79. The number of nitro groups is 2. The highest BCUT2D eigenvalue weighted by Crippen LogP contribution is 2.37. The quantitative estimate of drug-likeness (QED) is 0.341. The second-order valence-corrected chi connectivity index (χ2v) is 7.18. The summed E-state index contributed by atoms with van der Waals surface area (Å²) in [6.45, 7) is 1.17. The fraction of sp³-hybridized carbons (Fsp3) is 0.300. The van der Waals surface area contributed by atoms with Gasteiger partial charge in [-0.3, -0.25) is 25.0 Å². The molecule has 0 radical (unpaired) electrons. The molecule has 2 aromatic rings. The molecule has 1 amide bonds. The Kier molecular flexibility index (Phi) is 8.76. The molecule has 3 rings (SSSR count). The number of carbonyl (C=O) groups excluding carboxylic acids is 1. The molecule has 1 fully saturated rings. The summed E-state index contributed by atoms with van der Waals surface area (Å²) >= 11 is 0. The third-order valence-corrected chi connectivity index (χ3v) is 4.79. The van der Waals surface area contributed by atoms with Gasteiger partial charge in [0, 0.05) is 30.8 Å². The zero-order valence-corrected chi connectivity index (χ0v) is 18.2. The van der Waals surface area contributed by atoms with Gasteiger partial charge >= 0.3 is 18.3 Å². The normalized spacial score (nSPS) is 13.8. The van der Waals surface area contributed by atoms with E-state index in [4.69, 9.17) is 9.84 Å². The Morgan fingerprint density at radius 2 is 1.22 bits per heavy atom. The monoisotopic (exact) mass is 539 g/mol. The topological polar surface area (TPSA) is 153 Å². The number of amides is 1. The number of rotatable bonds is 4. The van der Waals surface area contributed by atoms with Crippen LogP contribution in [0, 0.1) is 20.2 Å². The minimum Gasteiger partial charge on any atom is -0.478 e. The second kappa shape index (κ2) is 11.2. The summed E-state index contributed by atoms with van der Waals surface area (Å²) < 4.78 is 80.7. The van der Waals surface area contributed by atoms with Gasteiger partial charge in [-0.15, -0.1) is 0 Å². The first-order valence-electron chi connectivity index (χ1n) is 9.85. The van der Waals surface area contributed by atoms with E-state index in [1.807, 2.05) is 0 Å². The summed E-state index contributed by atoms with van der Waals surface area (Å²) in [6, 6.07) is 3.76. The first-order chi connectivity index (χ1) is 17.0. The largest absolute Gasteiger partial charge is 0.478 e. The van der Waals surface area contributed by atoms with Crippen LogP contribution in [0.2, 0.25) is 0 Å². The van der Waals surface area contributed by atoms with E-state index >= 15 is 0 Å². The van der Waals surface area contributed by atoms with Crippen LogP contribution >= 0.6 is 0 Å². The van der Waals surface area contributed by atoms with E-state index in [1.165, 1.54) is 4.90 Å². The van der Waals surface area contributed by atoms with Crippen molar-refractivity contribution in [2.75, 3.05) is 26.3 Å². The molecule has 0 unspecified atom stereocenters. The molecule has 0 saturated carbocycles. The third kappa shape index (κ3) is 7.35. The van der Waals surface area contributed by atoms with Crippen LogP contribution < -0.4 is 0 Å². The summed E-state index contributed by atoms with van der Waals surface area (Å²) in [5.41, 5.74) is -6.12. The van der Waals surface area contributed by atoms with Crippen LogP contribution in [0.4, 0.5) is 37.7 Å². The molecule has 0 aromatic heterocycles.